The summed E-state index contributed by atoms with van der Waals surface area (Å²) in [5.41, 5.74) is 6.67. The molecule has 1 aromatic heterocycles. The Morgan fingerprint density at radius 1 is 1.59 bits per heavy atom. The zero-order chi connectivity index (χ0) is 12.3. The summed E-state index contributed by atoms with van der Waals surface area (Å²) in [5.74, 6) is -0.323. The van der Waals surface area contributed by atoms with Crippen LogP contribution in [0.1, 0.15) is 18.5 Å². The number of pyridine rings is 1. The number of primary amides is 1. The summed E-state index contributed by atoms with van der Waals surface area (Å²) in [6.45, 7) is 1.54. The summed E-state index contributed by atoms with van der Waals surface area (Å²) < 4.78 is 0. The molecule has 88 valence electrons. The Labute approximate surface area is 99.9 Å². The summed E-state index contributed by atoms with van der Waals surface area (Å²) in [5, 5.41) is 8.67. The van der Waals surface area contributed by atoms with Crippen LogP contribution in [0.4, 0.5) is 5.69 Å². The van der Waals surface area contributed by atoms with Crippen molar-refractivity contribution in [2.24, 2.45) is 11.7 Å². The van der Waals surface area contributed by atoms with Crippen molar-refractivity contribution in [3.8, 4) is 6.07 Å². The van der Waals surface area contributed by atoms with Crippen molar-refractivity contribution >= 4 is 11.6 Å². The highest BCUT2D eigenvalue weighted by Gasteiger charge is 2.24. The smallest absolute Gasteiger partial charge is 0.222 e. The van der Waals surface area contributed by atoms with E-state index in [0.717, 1.165) is 25.1 Å². The first-order chi connectivity index (χ1) is 8.20. The topological polar surface area (TPSA) is 83.0 Å². The monoisotopic (exact) mass is 230 g/mol. The molecule has 1 aliphatic heterocycles. The number of nitrogens with two attached hydrogens (primary N) is 1. The Morgan fingerprint density at radius 2 is 2.41 bits per heavy atom. The summed E-state index contributed by atoms with van der Waals surface area (Å²) in [6, 6.07) is 5.52. The first kappa shape index (κ1) is 11.4. The van der Waals surface area contributed by atoms with Gasteiger partial charge in [-0.3, -0.25) is 4.79 Å². The van der Waals surface area contributed by atoms with Crippen molar-refractivity contribution in [1.82, 2.24) is 4.98 Å². The van der Waals surface area contributed by atoms with E-state index in [1.165, 1.54) is 0 Å². The molecular formula is C12H14N4O. The fourth-order valence-corrected chi connectivity index (χ4v) is 2.08. The second kappa shape index (κ2) is 4.83. The second-order valence-corrected chi connectivity index (χ2v) is 4.20. The molecule has 0 aliphatic carbocycles. The third-order valence-corrected chi connectivity index (χ3v) is 3.05. The molecule has 17 heavy (non-hydrogen) atoms. The fraction of sp³-hybridized carbons (Fsp3) is 0.417. The molecule has 1 saturated heterocycles. The van der Waals surface area contributed by atoms with Crippen LogP contribution in [-0.4, -0.2) is 24.0 Å². The summed E-state index contributed by atoms with van der Waals surface area (Å²) in [6.07, 6.45) is 3.48. The molecule has 0 spiro atoms. The van der Waals surface area contributed by atoms with Crippen LogP contribution in [-0.2, 0) is 4.79 Å². The van der Waals surface area contributed by atoms with Gasteiger partial charge >= 0.3 is 0 Å². The number of piperidine rings is 1. The van der Waals surface area contributed by atoms with E-state index in [4.69, 9.17) is 11.0 Å². The Morgan fingerprint density at radius 3 is 3.00 bits per heavy atom. The lowest BCUT2D eigenvalue weighted by Crippen LogP contribution is -2.41. The summed E-state index contributed by atoms with van der Waals surface area (Å²) in [7, 11) is 0. The van der Waals surface area contributed by atoms with Crippen molar-refractivity contribution in [3.63, 3.8) is 0 Å². The quantitative estimate of drug-likeness (QED) is 0.808. The molecular weight excluding hydrogens is 216 g/mol. The molecule has 2 rings (SSSR count). The van der Waals surface area contributed by atoms with Gasteiger partial charge < -0.3 is 10.6 Å². The molecule has 1 fully saturated rings. The maximum absolute atomic E-state index is 11.2. The lowest BCUT2D eigenvalue weighted by molar-refractivity contribution is -0.122. The molecule has 2 heterocycles. The normalized spacial score (nSPS) is 19.7. The van der Waals surface area contributed by atoms with E-state index in [9.17, 15) is 4.79 Å². The zero-order valence-corrected chi connectivity index (χ0v) is 9.47. The highest BCUT2D eigenvalue weighted by atomic mass is 16.1. The van der Waals surface area contributed by atoms with E-state index < -0.39 is 0 Å². The molecule has 2 N–H and O–H groups in total. The number of aromatic nitrogens is 1. The average molecular weight is 230 g/mol. The Bertz CT molecular complexity index is 449. The minimum absolute atomic E-state index is 0.0839. The first-order valence-electron chi connectivity index (χ1n) is 5.61. The van der Waals surface area contributed by atoms with Gasteiger partial charge in [-0.25, -0.2) is 4.98 Å². The lowest BCUT2D eigenvalue weighted by atomic mass is 9.97. The molecule has 5 nitrogen and oxygen atoms in total. The van der Waals surface area contributed by atoms with Crippen LogP contribution < -0.4 is 10.6 Å². The van der Waals surface area contributed by atoms with Crippen LogP contribution >= 0.6 is 0 Å². The fourth-order valence-electron chi connectivity index (χ4n) is 2.08. The van der Waals surface area contributed by atoms with E-state index in [1.54, 1.807) is 12.3 Å². The van der Waals surface area contributed by atoms with Gasteiger partial charge in [0.1, 0.15) is 11.8 Å². The highest BCUT2D eigenvalue weighted by Crippen LogP contribution is 2.22. The van der Waals surface area contributed by atoms with E-state index in [1.807, 2.05) is 12.1 Å². The van der Waals surface area contributed by atoms with Crippen molar-refractivity contribution in [1.29, 1.82) is 5.26 Å². The Kier molecular flexibility index (Phi) is 3.24. The van der Waals surface area contributed by atoms with Gasteiger partial charge in [-0.05, 0) is 25.0 Å². The molecule has 0 unspecified atom stereocenters. The highest BCUT2D eigenvalue weighted by molar-refractivity contribution is 5.77. The molecule has 1 atom stereocenters. The van der Waals surface area contributed by atoms with Crippen LogP contribution in [0, 0.1) is 17.2 Å². The molecule has 1 aromatic rings. The molecule has 0 saturated carbocycles. The number of nitriles is 1. The Hall–Kier alpha value is -2.09. The van der Waals surface area contributed by atoms with Crippen molar-refractivity contribution in [2.75, 3.05) is 18.0 Å². The van der Waals surface area contributed by atoms with Crippen LogP contribution in [0.2, 0.25) is 0 Å². The predicted molar refractivity (Wildman–Crippen MR) is 63.1 cm³/mol. The number of hydrogen-bond acceptors (Lipinski definition) is 4. The number of nitrogens with zero attached hydrogens (tertiary/aromatic N) is 3. The number of rotatable bonds is 2. The van der Waals surface area contributed by atoms with Crippen LogP contribution in [0.15, 0.2) is 18.3 Å². The maximum Gasteiger partial charge on any atom is 0.222 e. The van der Waals surface area contributed by atoms with E-state index >= 15 is 0 Å². The van der Waals surface area contributed by atoms with Gasteiger partial charge in [-0.15, -0.1) is 0 Å². The standard InChI is InChI=1S/C12H14N4O/c13-6-10-3-4-11(7-15-10)16-5-1-2-9(8-16)12(14)17/h3-4,7,9H,1-2,5,8H2,(H2,14,17)/t9-/m0/s1. The molecule has 5 heteroatoms. The third-order valence-electron chi connectivity index (χ3n) is 3.05. The largest absolute Gasteiger partial charge is 0.369 e. The van der Waals surface area contributed by atoms with Crippen molar-refractivity contribution in [3.05, 3.63) is 24.0 Å². The maximum atomic E-state index is 11.2. The average Bonchev–Trinajstić information content (AvgIpc) is 2.39. The lowest BCUT2D eigenvalue weighted by Gasteiger charge is -2.32. The molecule has 0 bridgehead atoms. The number of carbonyl (C=O) groups excluding carboxylic acids is 1. The van der Waals surface area contributed by atoms with Gasteiger partial charge in [-0.2, -0.15) is 5.26 Å². The van der Waals surface area contributed by atoms with Crippen LogP contribution in [0.3, 0.4) is 0 Å². The van der Waals surface area contributed by atoms with Crippen molar-refractivity contribution in [2.45, 2.75) is 12.8 Å². The van der Waals surface area contributed by atoms with Crippen LogP contribution in [0.25, 0.3) is 0 Å². The summed E-state index contributed by atoms with van der Waals surface area (Å²) in [4.78, 5) is 17.3. The van der Waals surface area contributed by atoms with Gasteiger partial charge in [0.25, 0.3) is 0 Å². The second-order valence-electron chi connectivity index (χ2n) is 4.20. The minimum atomic E-state index is -0.240. The van der Waals surface area contributed by atoms with Gasteiger partial charge in [0, 0.05) is 13.1 Å². The number of carbonyl (C=O) groups is 1. The third kappa shape index (κ3) is 2.53. The first-order valence-corrected chi connectivity index (χ1v) is 5.61. The molecule has 1 amide bonds. The van der Waals surface area contributed by atoms with Crippen molar-refractivity contribution < 1.29 is 4.79 Å². The van der Waals surface area contributed by atoms with E-state index in [2.05, 4.69) is 9.88 Å². The summed E-state index contributed by atoms with van der Waals surface area (Å²) >= 11 is 0. The van der Waals surface area contributed by atoms with Gasteiger partial charge in [0.05, 0.1) is 17.8 Å². The number of amides is 1. The zero-order valence-electron chi connectivity index (χ0n) is 9.47. The van der Waals surface area contributed by atoms with Gasteiger partial charge in [-0.1, -0.05) is 0 Å². The van der Waals surface area contributed by atoms with E-state index in [-0.39, 0.29) is 11.8 Å². The van der Waals surface area contributed by atoms with Gasteiger partial charge in [0.15, 0.2) is 0 Å². The van der Waals surface area contributed by atoms with E-state index in [0.29, 0.717) is 12.2 Å². The number of hydrogen-bond donors (Lipinski definition) is 1. The van der Waals surface area contributed by atoms with Gasteiger partial charge in [0.2, 0.25) is 5.91 Å². The predicted octanol–water partition coefficient (Wildman–Crippen LogP) is 0.655. The molecule has 1 aliphatic rings. The SMILES string of the molecule is N#Cc1ccc(N2CCC[C@H](C(N)=O)C2)cn1. The Balaban J connectivity index is 2.11. The molecule has 0 aromatic carbocycles. The molecule has 0 radical (unpaired) electrons. The van der Waals surface area contributed by atoms with Crippen LogP contribution in [0.5, 0.6) is 0 Å². The minimum Gasteiger partial charge on any atom is -0.369 e. The number of anilines is 1.